The predicted octanol–water partition coefficient (Wildman–Crippen LogP) is 3.18. The largest absolute Gasteiger partial charge is 0.497 e. The molecule has 0 saturated carbocycles. The fourth-order valence-electron chi connectivity index (χ4n) is 1.97. The Morgan fingerprint density at radius 2 is 1.86 bits per heavy atom. The molecule has 1 atom stereocenters. The van der Waals surface area contributed by atoms with Gasteiger partial charge in [-0.1, -0.05) is 22.0 Å². The molecule has 1 heterocycles. The van der Waals surface area contributed by atoms with Crippen molar-refractivity contribution in [1.29, 1.82) is 0 Å². The lowest BCUT2D eigenvalue weighted by atomic mass is 10.1. The maximum atomic E-state index is 5.42. The topological polar surface area (TPSA) is 53.5 Å². The number of methoxy groups -OCH3 is 3. The van der Waals surface area contributed by atoms with Crippen LogP contribution in [-0.4, -0.2) is 31.3 Å². The first-order valence-corrected chi connectivity index (χ1v) is 7.30. The summed E-state index contributed by atoms with van der Waals surface area (Å²) in [5.41, 5.74) is 1.93. The molecule has 0 saturated heterocycles. The number of aromatic nitrogens is 2. The van der Waals surface area contributed by atoms with E-state index in [-0.39, 0.29) is 4.83 Å². The van der Waals surface area contributed by atoms with E-state index in [1.807, 2.05) is 24.3 Å². The van der Waals surface area contributed by atoms with Crippen LogP contribution in [0.4, 0.5) is 0 Å². The Morgan fingerprint density at radius 1 is 1.05 bits per heavy atom. The van der Waals surface area contributed by atoms with Crippen molar-refractivity contribution in [3.8, 4) is 17.4 Å². The highest BCUT2D eigenvalue weighted by Gasteiger charge is 2.16. The number of hydrogen-bond donors (Lipinski definition) is 0. The number of hydrogen-bond acceptors (Lipinski definition) is 5. The zero-order chi connectivity index (χ0) is 15.2. The number of benzene rings is 1. The molecule has 0 spiro atoms. The fraction of sp³-hybridized carbons (Fsp3) is 0.333. The predicted molar refractivity (Wildman–Crippen MR) is 83.5 cm³/mol. The van der Waals surface area contributed by atoms with Gasteiger partial charge in [0.1, 0.15) is 17.8 Å². The zero-order valence-corrected chi connectivity index (χ0v) is 13.8. The molecular weight excluding hydrogens is 336 g/mol. The second-order valence-electron chi connectivity index (χ2n) is 4.33. The SMILES string of the molecule is COc1ccc(C(Br)Cc2cc(OC)ncn2)c(OC)c1. The second-order valence-corrected chi connectivity index (χ2v) is 5.44. The number of halogens is 1. The minimum Gasteiger partial charge on any atom is -0.497 e. The van der Waals surface area contributed by atoms with Crippen LogP contribution < -0.4 is 14.2 Å². The van der Waals surface area contributed by atoms with Crippen LogP contribution in [0, 0.1) is 0 Å². The van der Waals surface area contributed by atoms with Crippen LogP contribution in [0.15, 0.2) is 30.6 Å². The minimum absolute atomic E-state index is 0.0676. The Morgan fingerprint density at radius 3 is 2.52 bits per heavy atom. The quantitative estimate of drug-likeness (QED) is 0.747. The van der Waals surface area contributed by atoms with E-state index in [4.69, 9.17) is 14.2 Å². The van der Waals surface area contributed by atoms with E-state index in [0.29, 0.717) is 12.3 Å². The summed E-state index contributed by atoms with van der Waals surface area (Å²) in [6.07, 6.45) is 2.20. The van der Waals surface area contributed by atoms with Crippen LogP contribution in [0.25, 0.3) is 0 Å². The molecule has 6 heteroatoms. The molecule has 1 aromatic heterocycles. The first kappa shape index (κ1) is 15.6. The maximum Gasteiger partial charge on any atom is 0.216 e. The lowest BCUT2D eigenvalue weighted by molar-refractivity contribution is 0.390. The number of rotatable bonds is 6. The highest BCUT2D eigenvalue weighted by molar-refractivity contribution is 9.09. The third-order valence-corrected chi connectivity index (χ3v) is 3.89. The third kappa shape index (κ3) is 3.85. The lowest BCUT2D eigenvalue weighted by Gasteiger charge is -2.15. The smallest absolute Gasteiger partial charge is 0.216 e. The summed E-state index contributed by atoms with van der Waals surface area (Å²) in [5.74, 6) is 2.10. The lowest BCUT2D eigenvalue weighted by Crippen LogP contribution is -2.02. The van der Waals surface area contributed by atoms with E-state index < -0.39 is 0 Å². The Bertz CT molecular complexity index is 607. The summed E-state index contributed by atoms with van der Waals surface area (Å²) in [4.78, 5) is 8.33. The van der Waals surface area contributed by atoms with Crippen molar-refractivity contribution in [3.05, 3.63) is 41.9 Å². The molecule has 0 bridgehead atoms. The molecule has 0 aliphatic rings. The minimum atomic E-state index is 0.0676. The summed E-state index contributed by atoms with van der Waals surface area (Å²) in [6, 6.07) is 7.58. The molecule has 0 radical (unpaired) electrons. The van der Waals surface area contributed by atoms with Gasteiger partial charge in [0, 0.05) is 34.6 Å². The Labute approximate surface area is 132 Å². The van der Waals surface area contributed by atoms with Crippen LogP contribution >= 0.6 is 15.9 Å². The van der Waals surface area contributed by atoms with Gasteiger partial charge in [-0.05, 0) is 6.07 Å². The van der Waals surface area contributed by atoms with Gasteiger partial charge >= 0.3 is 0 Å². The van der Waals surface area contributed by atoms with Crippen molar-refractivity contribution >= 4 is 15.9 Å². The summed E-state index contributed by atoms with van der Waals surface area (Å²) >= 11 is 3.69. The van der Waals surface area contributed by atoms with E-state index in [0.717, 1.165) is 22.8 Å². The Kier molecular flexibility index (Phi) is 5.38. The number of ether oxygens (including phenoxy) is 3. The Hall–Kier alpha value is -1.82. The Balaban J connectivity index is 2.21. The van der Waals surface area contributed by atoms with Gasteiger partial charge in [-0.15, -0.1) is 0 Å². The molecule has 5 nitrogen and oxygen atoms in total. The molecule has 0 aliphatic heterocycles. The monoisotopic (exact) mass is 352 g/mol. The average Bonchev–Trinajstić information content (AvgIpc) is 2.54. The summed E-state index contributed by atoms with van der Waals surface area (Å²) < 4.78 is 15.7. The standard InChI is InChI=1S/C15H17BrN2O3/c1-19-11-4-5-12(14(8-11)20-2)13(16)6-10-7-15(21-3)18-9-17-10/h4-5,7-9,13H,6H2,1-3H3. The van der Waals surface area contributed by atoms with Crippen LogP contribution in [0.2, 0.25) is 0 Å². The van der Waals surface area contributed by atoms with E-state index >= 15 is 0 Å². The summed E-state index contributed by atoms with van der Waals surface area (Å²) in [5, 5.41) is 0. The van der Waals surface area contributed by atoms with Gasteiger partial charge in [0.05, 0.1) is 21.3 Å². The molecule has 0 fully saturated rings. The van der Waals surface area contributed by atoms with Crippen LogP contribution in [0.3, 0.4) is 0 Å². The van der Waals surface area contributed by atoms with Crippen molar-refractivity contribution in [2.75, 3.05) is 21.3 Å². The van der Waals surface area contributed by atoms with Gasteiger partial charge in [0.15, 0.2) is 0 Å². The molecule has 112 valence electrons. The van der Waals surface area contributed by atoms with Crippen molar-refractivity contribution in [2.45, 2.75) is 11.2 Å². The van der Waals surface area contributed by atoms with Crippen molar-refractivity contribution in [2.24, 2.45) is 0 Å². The molecule has 2 rings (SSSR count). The zero-order valence-electron chi connectivity index (χ0n) is 12.2. The van der Waals surface area contributed by atoms with Gasteiger partial charge in [-0.25, -0.2) is 9.97 Å². The van der Waals surface area contributed by atoms with E-state index in [9.17, 15) is 0 Å². The van der Waals surface area contributed by atoms with Crippen molar-refractivity contribution in [1.82, 2.24) is 9.97 Å². The molecule has 0 N–H and O–H groups in total. The van der Waals surface area contributed by atoms with Crippen molar-refractivity contribution < 1.29 is 14.2 Å². The average molecular weight is 353 g/mol. The van der Waals surface area contributed by atoms with Crippen LogP contribution in [0.5, 0.6) is 17.4 Å². The van der Waals surface area contributed by atoms with E-state index in [1.54, 1.807) is 21.3 Å². The molecule has 0 aliphatic carbocycles. The molecule has 2 aromatic rings. The molecule has 1 unspecified atom stereocenters. The number of alkyl halides is 1. The summed E-state index contributed by atoms with van der Waals surface area (Å²) in [7, 11) is 4.86. The second kappa shape index (κ2) is 7.26. The first-order valence-electron chi connectivity index (χ1n) is 6.38. The molecule has 0 amide bonds. The maximum absolute atomic E-state index is 5.42. The van der Waals surface area contributed by atoms with Crippen LogP contribution in [0.1, 0.15) is 16.1 Å². The van der Waals surface area contributed by atoms with Crippen molar-refractivity contribution in [3.63, 3.8) is 0 Å². The fourth-order valence-corrected chi connectivity index (χ4v) is 2.68. The summed E-state index contributed by atoms with van der Waals surface area (Å²) in [6.45, 7) is 0. The van der Waals surface area contributed by atoms with Gasteiger partial charge in [-0.3, -0.25) is 0 Å². The highest BCUT2D eigenvalue weighted by Crippen LogP contribution is 2.35. The molecular formula is C15H17BrN2O3. The molecule has 21 heavy (non-hydrogen) atoms. The van der Waals surface area contributed by atoms with Gasteiger partial charge in [0.25, 0.3) is 0 Å². The first-order chi connectivity index (χ1) is 10.2. The van der Waals surface area contributed by atoms with Crippen LogP contribution in [-0.2, 0) is 6.42 Å². The van der Waals surface area contributed by atoms with Gasteiger partial charge in [0.2, 0.25) is 5.88 Å². The van der Waals surface area contributed by atoms with Gasteiger partial charge in [-0.2, -0.15) is 0 Å². The number of nitrogens with zero attached hydrogens (tertiary/aromatic N) is 2. The van der Waals surface area contributed by atoms with E-state index in [1.165, 1.54) is 6.33 Å². The highest BCUT2D eigenvalue weighted by atomic mass is 79.9. The van der Waals surface area contributed by atoms with Gasteiger partial charge < -0.3 is 14.2 Å². The normalized spacial score (nSPS) is 11.8. The van der Waals surface area contributed by atoms with E-state index in [2.05, 4.69) is 25.9 Å². The third-order valence-electron chi connectivity index (χ3n) is 3.07. The molecule has 1 aromatic carbocycles.